The molecule has 0 bridgehead atoms. The van der Waals surface area contributed by atoms with Gasteiger partial charge in [-0.15, -0.1) is 0 Å². The minimum Gasteiger partial charge on any atom is -0.497 e. The molecule has 4 rings (SSSR count). The molecule has 1 aromatic heterocycles. The number of benzene rings is 3. The van der Waals surface area contributed by atoms with Gasteiger partial charge in [-0.1, -0.05) is 30.3 Å². The van der Waals surface area contributed by atoms with E-state index in [1.165, 1.54) is 11.8 Å². The molecular weight excluding hydrogens is 392 g/mol. The van der Waals surface area contributed by atoms with E-state index in [-0.39, 0.29) is 11.8 Å². The van der Waals surface area contributed by atoms with Crippen LogP contribution in [0.3, 0.4) is 0 Å². The van der Waals surface area contributed by atoms with E-state index < -0.39 is 0 Å². The van der Waals surface area contributed by atoms with Crippen LogP contribution in [0.15, 0.2) is 77.2 Å². The molecular formula is C25H22N2O4. The van der Waals surface area contributed by atoms with Gasteiger partial charge in [0.25, 0.3) is 5.91 Å². The number of carbonyl (C=O) groups is 2. The van der Waals surface area contributed by atoms with E-state index >= 15 is 0 Å². The summed E-state index contributed by atoms with van der Waals surface area (Å²) in [5, 5.41) is 3.61. The fourth-order valence-corrected chi connectivity index (χ4v) is 3.37. The van der Waals surface area contributed by atoms with Crippen LogP contribution >= 0.6 is 0 Å². The third kappa shape index (κ3) is 4.00. The molecule has 0 saturated carbocycles. The van der Waals surface area contributed by atoms with Crippen LogP contribution in [0.4, 0.5) is 11.4 Å². The summed E-state index contributed by atoms with van der Waals surface area (Å²) in [6.07, 6.45) is 0. The predicted molar refractivity (Wildman–Crippen MR) is 122 cm³/mol. The van der Waals surface area contributed by atoms with Crippen molar-refractivity contribution in [3.8, 4) is 17.1 Å². The quantitative estimate of drug-likeness (QED) is 0.478. The van der Waals surface area contributed by atoms with Crippen molar-refractivity contribution in [2.45, 2.75) is 6.92 Å². The van der Waals surface area contributed by atoms with E-state index in [0.717, 1.165) is 11.3 Å². The molecule has 0 unspecified atom stereocenters. The molecule has 0 radical (unpaired) electrons. The minimum atomic E-state index is -0.293. The molecule has 1 N–H and O–H groups in total. The summed E-state index contributed by atoms with van der Waals surface area (Å²) in [6.45, 7) is 1.50. The van der Waals surface area contributed by atoms with E-state index in [2.05, 4.69) is 5.32 Å². The van der Waals surface area contributed by atoms with Crippen LogP contribution in [0, 0.1) is 0 Å². The molecule has 1 heterocycles. The second-order valence-corrected chi connectivity index (χ2v) is 7.11. The molecule has 156 valence electrons. The van der Waals surface area contributed by atoms with Crippen LogP contribution in [0.5, 0.6) is 5.75 Å². The minimum absolute atomic E-state index is 0.0666. The van der Waals surface area contributed by atoms with E-state index in [1.54, 1.807) is 56.6 Å². The number of furan rings is 1. The summed E-state index contributed by atoms with van der Waals surface area (Å²) in [4.78, 5) is 26.4. The fourth-order valence-electron chi connectivity index (χ4n) is 3.37. The number of nitrogens with one attached hydrogen (secondary N) is 1. The number of fused-ring (bicyclic) bond motifs is 1. The lowest BCUT2D eigenvalue weighted by Gasteiger charge is -2.15. The molecule has 0 atom stereocenters. The van der Waals surface area contributed by atoms with Crippen LogP contribution < -0.4 is 15.0 Å². The third-order valence-electron chi connectivity index (χ3n) is 5.14. The molecule has 4 aromatic rings. The lowest BCUT2D eigenvalue weighted by atomic mass is 10.0. The molecule has 0 saturated heterocycles. The molecule has 6 heteroatoms. The number of ether oxygens (including phenoxy) is 1. The number of amides is 2. The number of nitrogens with zero attached hydrogens (tertiary/aromatic N) is 1. The maximum Gasteiger partial charge on any atom is 0.260 e. The number of carbonyl (C=O) groups excluding carboxylic acids is 2. The standard InChI is InChI=1S/C25H22N2O4/c1-16(28)27(2)19-11-9-18(10-12-19)26-25(29)23-21-15-20(30-3)13-14-22(21)31-24(23)17-7-5-4-6-8-17/h4-15H,1-3H3,(H,26,29). The molecule has 6 nitrogen and oxygen atoms in total. The van der Waals surface area contributed by atoms with Crippen LogP contribution in [-0.2, 0) is 4.79 Å². The van der Waals surface area contributed by atoms with Crippen molar-refractivity contribution in [1.82, 2.24) is 0 Å². The zero-order valence-electron chi connectivity index (χ0n) is 17.5. The Hall–Kier alpha value is -4.06. The number of hydrogen-bond donors (Lipinski definition) is 1. The van der Waals surface area contributed by atoms with E-state index in [4.69, 9.17) is 9.15 Å². The second kappa shape index (κ2) is 8.36. The van der Waals surface area contributed by atoms with Gasteiger partial charge in [-0.2, -0.15) is 0 Å². The highest BCUT2D eigenvalue weighted by molar-refractivity contribution is 6.16. The van der Waals surface area contributed by atoms with Gasteiger partial charge in [-0.3, -0.25) is 9.59 Å². The molecule has 0 spiro atoms. The molecule has 0 aliphatic heterocycles. The van der Waals surface area contributed by atoms with E-state index in [9.17, 15) is 9.59 Å². The summed E-state index contributed by atoms with van der Waals surface area (Å²) in [6, 6.07) is 22.0. The van der Waals surface area contributed by atoms with Gasteiger partial charge < -0.3 is 19.4 Å². The van der Waals surface area contributed by atoms with Gasteiger partial charge in [0, 0.05) is 36.3 Å². The smallest absolute Gasteiger partial charge is 0.260 e. The average molecular weight is 414 g/mol. The number of methoxy groups -OCH3 is 1. The summed E-state index contributed by atoms with van der Waals surface area (Å²) in [7, 11) is 3.28. The number of rotatable bonds is 5. The lowest BCUT2D eigenvalue weighted by Crippen LogP contribution is -2.22. The highest BCUT2D eigenvalue weighted by atomic mass is 16.5. The highest BCUT2D eigenvalue weighted by Crippen LogP contribution is 2.36. The molecule has 0 aliphatic rings. The first kappa shape index (κ1) is 20.2. The highest BCUT2D eigenvalue weighted by Gasteiger charge is 2.23. The summed E-state index contributed by atoms with van der Waals surface area (Å²) < 4.78 is 11.4. The molecule has 3 aromatic carbocycles. The zero-order chi connectivity index (χ0) is 22.0. The predicted octanol–water partition coefficient (Wildman–Crippen LogP) is 5.34. The van der Waals surface area contributed by atoms with Crippen molar-refractivity contribution < 1.29 is 18.7 Å². The third-order valence-corrected chi connectivity index (χ3v) is 5.14. The SMILES string of the molecule is COc1ccc2oc(-c3ccccc3)c(C(=O)Nc3ccc(N(C)C(C)=O)cc3)c2c1. The summed E-state index contributed by atoms with van der Waals surface area (Å²) >= 11 is 0. The van der Waals surface area contributed by atoms with Gasteiger partial charge in [0.15, 0.2) is 0 Å². The van der Waals surface area contributed by atoms with Crippen LogP contribution in [0.2, 0.25) is 0 Å². The maximum atomic E-state index is 13.3. The van der Waals surface area contributed by atoms with Gasteiger partial charge in [-0.25, -0.2) is 0 Å². The van der Waals surface area contributed by atoms with Crippen molar-refractivity contribution in [3.05, 3.63) is 78.4 Å². The Morgan fingerprint density at radius 3 is 2.32 bits per heavy atom. The van der Waals surface area contributed by atoms with E-state index in [0.29, 0.717) is 33.7 Å². The number of hydrogen-bond acceptors (Lipinski definition) is 4. The first-order chi connectivity index (χ1) is 15.0. The first-order valence-corrected chi connectivity index (χ1v) is 9.79. The topological polar surface area (TPSA) is 71.8 Å². The fraction of sp³-hybridized carbons (Fsp3) is 0.120. The van der Waals surface area contributed by atoms with Gasteiger partial charge in [0.1, 0.15) is 17.1 Å². The van der Waals surface area contributed by atoms with Gasteiger partial charge in [0.2, 0.25) is 5.91 Å². The maximum absolute atomic E-state index is 13.3. The average Bonchev–Trinajstić information content (AvgIpc) is 3.18. The van der Waals surface area contributed by atoms with Crippen molar-refractivity contribution in [2.75, 3.05) is 24.4 Å². The van der Waals surface area contributed by atoms with Crippen LogP contribution in [0.25, 0.3) is 22.3 Å². The first-order valence-electron chi connectivity index (χ1n) is 9.79. The molecule has 0 aliphatic carbocycles. The summed E-state index contributed by atoms with van der Waals surface area (Å²) in [5.74, 6) is 0.773. The van der Waals surface area contributed by atoms with Gasteiger partial charge in [-0.05, 0) is 42.5 Å². The van der Waals surface area contributed by atoms with Crippen LogP contribution in [0.1, 0.15) is 17.3 Å². The van der Waals surface area contributed by atoms with E-state index in [1.807, 2.05) is 30.3 Å². The van der Waals surface area contributed by atoms with Crippen LogP contribution in [-0.4, -0.2) is 26.0 Å². The van der Waals surface area contributed by atoms with Crippen molar-refractivity contribution in [1.29, 1.82) is 0 Å². The largest absolute Gasteiger partial charge is 0.497 e. The Balaban J connectivity index is 1.73. The second-order valence-electron chi connectivity index (χ2n) is 7.11. The van der Waals surface area contributed by atoms with Crippen molar-refractivity contribution >= 4 is 34.2 Å². The van der Waals surface area contributed by atoms with Crippen molar-refractivity contribution in [3.63, 3.8) is 0 Å². The van der Waals surface area contributed by atoms with Gasteiger partial charge >= 0.3 is 0 Å². The Kier molecular flexibility index (Phi) is 5.45. The van der Waals surface area contributed by atoms with Gasteiger partial charge in [0.05, 0.1) is 12.7 Å². The van der Waals surface area contributed by atoms with Crippen molar-refractivity contribution in [2.24, 2.45) is 0 Å². The molecule has 31 heavy (non-hydrogen) atoms. The lowest BCUT2D eigenvalue weighted by molar-refractivity contribution is -0.116. The monoisotopic (exact) mass is 414 g/mol. The molecule has 2 amide bonds. The Morgan fingerprint density at radius 1 is 0.968 bits per heavy atom. The molecule has 0 fully saturated rings. The Morgan fingerprint density at radius 2 is 1.68 bits per heavy atom. The number of anilines is 2. The Bertz CT molecular complexity index is 1240. The normalized spacial score (nSPS) is 10.7. The Labute approximate surface area is 180 Å². The zero-order valence-corrected chi connectivity index (χ0v) is 17.5. The summed E-state index contributed by atoms with van der Waals surface area (Å²) in [5.41, 5.74) is 3.20.